The van der Waals surface area contributed by atoms with Crippen molar-refractivity contribution in [2.24, 2.45) is 0 Å². The van der Waals surface area contributed by atoms with Gasteiger partial charge in [-0.05, 0) is 38.8 Å². The Morgan fingerprint density at radius 1 is 1.22 bits per heavy atom. The van der Waals surface area contributed by atoms with Gasteiger partial charge in [-0.2, -0.15) is 0 Å². The smallest absolute Gasteiger partial charge is 0.230 e. The highest BCUT2D eigenvalue weighted by atomic mass is 32.2. The van der Waals surface area contributed by atoms with Crippen LogP contribution in [0.3, 0.4) is 0 Å². The number of rotatable bonds is 8. The molecule has 0 fully saturated rings. The molecule has 0 aliphatic heterocycles. The number of furan rings is 1. The molecular weight excluding hydrogens is 360 g/mol. The minimum absolute atomic E-state index is 0.00437. The van der Waals surface area contributed by atoms with E-state index in [0.717, 1.165) is 28.7 Å². The molecule has 7 heteroatoms. The van der Waals surface area contributed by atoms with Gasteiger partial charge in [-0.1, -0.05) is 42.1 Å². The van der Waals surface area contributed by atoms with Gasteiger partial charge in [0.1, 0.15) is 5.76 Å². The van der Waals surface area contributed by atoms with E-state index >= 15 is 0 Å². The second-order valence-corrected chi connectivity index (χ2v) is 7.48. The lowest BCUT2D eigenvalue weighted by molar-refractivity contribution is -0.118. The van der Waals surface area contributed by atoms with Crippen molar-refractivity contribution in [2.45, 2.75) is 38.4 Å². The normalized spacial score (nSPS) is 11.1. The van der Waals surface area contributed by atoms with E-state index in [0.29, 0.717) is 12.3 Å². The van der Waals surface area contributed by atoms with Crippen molar-refractivity contribution >= 4 is 17.7 Å². The van der Waals surface area contributed by atoms with Gasteiger partial charge in [0.15, 0.2) is 11.0 Å². The third kappa shape index (κ3) is 4.80. The topological polar surface area (TPSA) is 72.9 Å². The standard InChI is InChI=1S/C20H24N4O2S/c1-14(2)24-19(17-10-12-26-15(17)3)22-23-20(24)27-13-18(25)21-11-9-16-7-5-4-6-8-16/h4-8,10,12,14H,9,11,13H2,1-3H3,(H,21,25). The zero-order valence-electron chi connectivity index (χ0n) is 15.8. The van der Waals surface area contributed by atoms with Crippen LogP contribution in [0.15, 0.2) is 52.2 Å². The lowest BCUT2D eigenvalue weighted by atomic mass is 10.1. The SMILES string of the molecule is Cc1occc1-c1nnc(SCC(=O)NCCc2ccccc2)n1C(C)C. The number of thioether (sulfide) groups is 1. The quantitative estimate of drug-likeness (QED) is 0.597. The van der Waals surface area contributed by atoms with E-state index in [1.165, 1.54) is 17.3 Å². The van der Waals surface area contributed by atoms with Crippen LogP contribution in [-0.2, 0) is 11.2 Å². The van der Waals surface area contributed by atoms with Crippen LogP contribution >= 0.6 is 11.8 Å². The molecule has 1 aromatic carbocycles. The van der Waals surface area contributed by atoms with Gasteiger partial charge < -0.3 is 9.73 Å². The largest absolute Gasteiger partial charge is 0.469 e. The zero-order chi connectivity index (χ0) is 19.2. The summed E-state index contributed by atoms with van der Waals surface area (Å²) in [6.45, 7) is 6.68. The monoisotopic (exact) mass is 384 g/mol. The molecule has 3 rings (SSSR count). The molecule has 0 saturated carbocycles. The van der Waals surface area contributed by atoms with Crippen LogP contribution in [0.2, 0.25) is 0 Å². The van der Waals surface area contributed by atoms with Crippen molar-refractivity contribution in [1.82, 2.24) is 20.1 Å². The average molecular weight is 385 g/mol. The number of carbonyl (C=O) groups is 1. The summed E-state index contributed by atoms with van der Waals surface area (Å²) in [7, 11) is 0. The number of benzene rings is 1. The highest BCUT2D eigenvalue weighted by molar-refractivity contribution is 7.99. The van der Waals surface area contributed by atoms with Gasteiger partial charge in [0.2, 0.25) is 5.91 Å². The molecule has 0 saturated heterocycles. The number of nitrogens with one attached hydrogen (secondary N) is 1. The Bertz CT molecular complexity index is 887. The van der Waals surface area contributed by atoms with Crippen LogP contribution in [0.4, 0.5) is 0 Å². The zero-order valence-corrected chi connectivity index (χ0v) is 16.6. The molecular formula is C20H24N4O2S. The molecule has 0 aliphatic carbocycles. The molecule has 27 heavy (non-hydrogen) atoms. The summed E-state index contributed by atoms with van der Waals surface area (Å²) in [4.78, 5) is 12.2. The first-order valence-corrected chi connectivity index (χ1v) is 9.97. The van der Waals surface area contributed by atoms with E-state index < -0.39 is 0 Å². The van der Waals surface area contributed by atoms with Gasteiger partial charge in [0.05, 0.1) is 17.6 Å². The van der Waals surface area contributed by atoms with Crippen molar-refractivity contribution in [2.75, 3.05) is 12.3 Å². The molecule has 0 atom stereocenters. The van der Waals surface area contributed by atoms with Crippen molar-refractivity contribution < 1.29 is 9.21 Å². The minimum atomic E-state index is -0.00437. The number of aryl methyl sites for hydroxylation is 1. The van der Waals surface area contributed by atoms with Crippen LogP contribution < -0.4 is 5.32 Å². The first-order chi connectivity index (χ1) is 13.1. The molecule has 1 N–H and O–H groups in total. The van der Waals surface area contributed by atoms with Gasteiger partial charge in [-0.25, -0.2) is 0 Å². The molecule has 0 aliphatic rings. The van der Waals surface area contributed by atoms with E-state index in [-0.39, 0.29) is 11.9 Å². The number of carbonyl (C=O) groups excluding carboxylic acids is 1. The van der Waals surface area contributed by atoms with Crippen LogP contribution in [0.5, 0.6) is 0 Å². The van der Waals surface area contributed by atoms with Crippen molar-refractivity contribution in [3.8, 4) is 11.4 Å². The van der Waals surface area contributed by atoms with Crippen LogP contribution in [0, 0.1) is 6.92 Å². The van der Waals surface area contributed by atoms with Crippen LogP contribution in [-0.4, -0.2) is 33.0 Å². The van der Waals surface area contributed by atoms with E-state index in [1.54, 1.807) is 6.26 Å². The summed E-state index contributed by atoms with van der Waals surface area (Å²) < 4.78 is 7.43. The van der Waals surface area contributed by atoms with Crippen molar-refractivity contribution in [3.63, 3.8) is 0 Å². The lowest BCUT2D eigenvalue weighted by Crippen LogP contribution is -2.27. The summed E-state index contributed by atoms with van der Waals surface area (Å²) in [5.74, 6) is 1.88. The molecule has 0 bridgehead atoms. The van der Waals surface area contributed by atoms with Crippen molar-refractivity contribution in [1.29, 1.82) is 0 Å². The third-order valence-corrected chi connectivity index (χ3v) is 5.13. The maximum absolute atomic E-state index is 12.2. The fraction of sp³-hybridized carbons (Fsp3) is 0.350. The van der Waals surface area contributed by atoms with Crippen LogP contribution in [0.25, 0.3) is 11.4 Å². The van der Waals surface area contributed by atoms with Crippen molar-refractivity contribution in [3.05, 3.63) is 54.0 Å². The highest BCUT2D eigenvalue weighted by Gasteiger charge is 2.20. The van der Waals surface area contributed by atoms with Gasteiger partial charge >= 0.3 is 0 Å². The fourth-order valence-corrected chi connectivity index (χ4v) is 3.71. The number of nitrogens with zero attached hydrogens (tertiary/aromatic N) is 3. The Morgan fingerprint density at radius 2 is 2.00 bits per heavy atom. The van der Waals surface area contributed by atoms with E-state index in [2.05, 4.69) is 41.5 Å². The van der Waals surface area contributed by atoms with E-state index in [9.17, 15) is 4.79 Å². The average Bonchev–Trinajstić information content (AvgIpc) is 3.26. The molecule has 6 nitrogen and oxygen atoms in total. The maximum atomic E-state index is 12.2. The molecule has 2 aromatic heterocycles. The fourth-order valence-electron chi connectivity index (χ4n) is 2.81. The first kappa shape index (κ1) is 19.2. The van der Waals surface area contributed by atoms with Gasteiger partial charge in [0, 0.05) is 12.6 Å². The summed E-state index contributed by atoms with van der Waals surface area (Å²) in [5, 5.41) is 12.3. The van der Waals surface area contributed by atoms with Crippen LogP contribution in [0.1, 0.15) is 31.2 Å². The maximum Gasteiger partial charge on any atom is 0.230 e. The predicted molar refractivity (Wildman–Crippen MR) is 107 cm³/mol. The predicted octanol–water partition coefficient (Wildman–Crippen LogP) is 3.88. The second-order valence-electron chi connectivity index (χ2n) is 6.53. The summed E-state index contributed by atoms with van der Waals surface area (Å²) in [5.41, 5.74) is 2.14. The Kier molecular flexibility index (Phi) is 6.34. The van der Waals surface area contributed by atoms with E-state index in [1.807, 2.05) is 35.8 Å². The Morgan fingerprint density at radius 3 is 2.67 bits per heavy atom. The molecule has 1 amide bonds. The number of aromatic nitrogens is 3. The molecule has 0 spiro atoms. The molecule has 142 valence electrons. The molecule has 0 unspecified atom stereocenters. The summed E-state index contributed by atoms with van der Waals surface area (Å²) >= 11 is 1.40. The second kappa shape index (κ2) is 8.90. The molecule has 2 heterocycles. The third-order valence-electron chi connectivity index (χ3n) is 4.19. The summed E-state index contributed by atoms with van der Waals surface area (Å²) in [6, 6.07) is 12.2. The minimum Gasteiger partial charge on any atom is -0.469 e. The van der Waals surface area contributed by atoms with Gasteiger partial charge in [-0.15, -0.1) is 10.2 Å². The molecule has 0 radical (unpaired) electrons. The van der Waals surface area contributed by atoms with Gasteiger partial charge in [-0.3, -0.25) is 9.36 Å². The van der Waals surface area contributed by atoms with Gasteiger partial charge in [0.25, 0.3) is 0 Å². The Balaban J connectivity index is 1.58. The Hall–Kier alpha value is -2.54. The number of hydrogen-bond acceptors (Lipinski definition) is 5. The number of amides is 1. The Labute approximate surface area is 163 Å². The first-order valence-electron chi connectivity index (χ1n) is 8.99. The molecule has 3 aromatic rings. The number of hydrogen-bond donors (Lipinski definition) is 1. The summed E-state index contributed by atoms with van der Waals surface area (Å²) in [6.07, 6.45) is 2.47. The van der Waals surface area contributed by atoms with E-state index in [4.69, 9.17) is 4.42 Å². The lowest BCUT2D eigenvalue weighted by Gasteiger charge is -2.13. The highest BCUT2D eigenvalue weighted by Crippen LogP contribution is 2.29.